The molecular formula is C23H34O3S2. The van der Waals surface area contributed by atoms with Gasteiger partial charge in [-0.25, -0.2) is 0 Å². The molecule has 4 rings (SSSR count). The average Bonchev–Trinajstić information content (AvgIpc) is 2.90. The molecule has 1 N–H and O–H groups in total. The first-order chi connectivity index (χ1) is 13.2. The number of ether oxygens (including phenoxy) is 1. The smallest absolute Gasteiger partial charge is 0.310 e. The highest BCUT2D eigenvalue weighted by molar-refractivity contribution is 8.18. The molecule has 5 heteroatoms. The Morgan fingerprint density at radius 3 is 2.61 bits per heavy atom. The fraction of sp³-hybridized carbons (Fsp3) is 0.783. The van der Waals surface area contributed by atoms with Gasteiger partial charge in [-0.1, -0.05) is 31.6 Å². The maximum absolute atomic E-state index is 12.9. The molecule has 0 amide bonds. The molecule has 4 aliphatic rings. The van der Waals surface area contributed by atoms with Gasteiger partial charge in [0.2, 0.25) is 0 Å². The minimum absolute atomic E-state index is 0.0449. The summed E-state index contributed by atoms with van der Waals surface area (Å²) in [4.78, 5) is 12.9. The predicted octanol–water partition coefficient (Wildman–Crippen LogP) is 4.91. The average molecular weight is 423 g/mol. The molecule has 1 heterocycles. The van der Waals surface area contributed by atoms with Crippen molar-refractivity contribution in [2.45, 2.75) is 56.6 Å². The summed E-state index contributed by atoms with van der Waals surface area (Å²) < 4.78 is 5.50. The minimum atomic E-state index is -0.477. The first-order valence-corrected chi connectivity index (χ1v) is 12.6. The first-order valence-electron chi connectivity index (χ1n) is 10.6. The van der Waals surface area contributed by atoms with Crippen molar-refractivity contribution in [1.29, 1.82) is 0 Å². The monoisotopic (exact) mass is 422 g/mol. The zero-order chi connectivity index (χ0) is 20.3. The molecule has 7 atom stereocenters. The van der Waals surface area contributed by atoms with Gasteiger partial charge in [0.25, 0.3) is 0 Å². The van der Waals surface area contributed by atoms with Crippen LogP contribution in [-0.2, 0) is 9.53 Å². The summed E-state index contributed by atoms with van der Waals surface area (Å²) in [7, 11) is 1.46. The molecule has 3 fully saturated rings. The van der Waals surface area contributed by atoms with E-state index < -0.39 is 11.5 Å². The number of carbonyl (C=O) groups is 1. The number of aliphatic hydroxyl groups is 1. The van der Waals surface area contributed by atoms with Crippen molar-refractivity contribution < 1.29 is 14.6 Å². The minimum Gasteiger partial charge on any atom is -0.469 e. The van der Waals surface area contributed by atoms with Gasteiger partial charge in [0.15, 0.2) is 0 Å². The SMILES string of the molecule is C=C[C@@]1(C)C=C(C)[C@@H]2[C@H]([C@@H](O)[C@@H]3CC4(CC[C@@]23C)SCCCS4)[C@H]1C(=O)OC. The Labute approximate surface area is 178 Å². The summed E-state index contributed by atoms with van der Waals surface area (Å²) in [5.41, 5.74) is 0.884. The normalized spacial score (nSPS) is 47.0. The topological polar surface area (TPSA) is 46.5 Å². The lowest BCUT2D eigenvalue weighted by molar-refractivity contribution is -0.154. The van der Waals surface area contributed by atoms with E-state index in [0.717, 1.165) is 12.8 Å². The third-order valence-corrected chi connectivity index (χ3v) is 11.8. The van der Waals surface area contributed by atoms with Crippen LogP contribution in [0.15, 0.2) is 24.3 Å². The molecule has 2 saturated carbocycles. The molecule has 0 radical (unpaired) electrons. The van der Waals surface area contributed by atoms with Crippen molar-refractivity contribution in [2.75, 3.05) is 18.6 Å². The maximum Gasteiger partial charge on any atom is 0.310 e. The molecular weight excluding hydrogens is 388 g/mol. The van der Waals surface area contributed by atoms with E-state index in [0.29, 0.717) is 0 Å². The van der Waals surface area contributed by atoms with Crippen molar-refractivity contribution in [3.05, 3.63) is 24.3 Å². The van der Waals surface area contributed by atoms with E-state index in [9.17, 15) is 9.90 Å². The van der Waals surface area contributed by atoms with Crippen molar-refractivity contribution in [1.82, 2.24) is 0 Å². The van der Waals surface area contributed by atoms with E-state index >= 15 is 0 Å². The second-order valence-electron chi connectivity index (χ2n) is 9.78. The molecule has 0 aromatic heterocycles. The van der Waals surface area contributed by atoms with E-state index in [-0.39, 0.29) is 39.1 Å². The van der Waals surface area contributed by atoms with Gasteiger partial charge in [0, 0.05) is 11.3 Å². The van der Waals surface area contributed by atoms with Crippen LogP contribution in [0.3, 0.4) is 0 Å². The van der Waals surface area contributed by atoms with Crippen molar-refractivity contribution in [3.8, 4) is 0 Å². The standard InChI is InChI=1S/C23H34O3S2/c1-6-21(3)12-14(2)17-16(18(21)20(25)26-5)19(24)15-13-23(9-8-22(15,17)4)27-10-7-11-28-23/h6,12,15-19,24H,1,7-11,13H2,2-5H3/t15-,16-,17+,18-,19-,21-,22+/m0/s1. The van der Waals surface area contributed by atoms with Gasteiger partial charge in [0.1, 0.15) is 0 Å². The van der Waals surface area contributed by atoms with Crippen LogP contribution in [0.5, 0.6) is 0 Å². The third kappa shape index (κ3) is 2.86. The van der Waals surface area contributed by atoms with E-state index in [1.54, 1.807) is 0 Å². The van der Waals surface area contributed by atoms with Crippen LogP contribution in [0.1, 0.15) is 46.5 Å². The molecule has 0 aromatic rings. The van der Waals surface area contributed by atoms with Gasteiger partial charge in [0.05, 0.1) is 23.2 Å². The van der Waals surface area contributed by atoms with Crippen LogP contribution >= 0.6 is 23.5 Å². The Kier molecular flexibility index (Phi) is 5.28. The summed E-state index contributed by atoms with van der Waals surface area (Å²) in [5.74, 6) is 2.26. The Bertz CT molecular complexity index is 698. The number of allylic oxidation sites excluding steroid dienone is 3. The Morgan fingerprint density at radius 1 is 1.32 bits per heavy atom. The zero-order valence-electron chi connectivity index (χ0n) is 17.6. The predicted molar refractivity (Wildman–Crippen MR) is 118 cm³/mol. The Hall–Kier alpha value is -0.390. The zero-order valence-corrected chi connectivity index (χ0v) is 19.2. The van der Waals surface area contributed by atoms with Crippen LogP contribution in [0.2, 0.25) is 0 Å². The fourth-order valence-electron chi connectivity index (χ4n) is 7.02. The lowest BCUT2D eigenvalue weighted by atomic mass is 9.56. The molecule has 0 unspecified atom stereocenters. The van der Waals surface area contributed by atoms with Crippen LogP contribution < -0.4 is 0 Å². The number of hydrogen-bond donors (Lipinski definition) is 1. The highest BCUT2D eigenvalue weighted by Crippen LogP contribution is 2.69. The summed E-state index contributed by atoms with van der Waals surface area (Å²) in [6.07, 6.45) is 8.31. The molecule has 0 bridgehead atoms. The summed E-state index contributed by atoms with van der Waals surface area (Å²) in [5, 5.41) is 11.7. The Balaban J connectivity index is 1.76. The van der Waals surface area contributed by atoms with Gasteiger partial charge < -0.3 is 9.84 Å². The van der Waals surface area contributed by atoms with Crippen LogP contribution in [0.4, 0.5) is 0 Å². The van der Waals surface area contributed by atoms with Gasteiger partial charge in [-0.3, -0.25) is 4.79 Å². The quantitative estimate of drug-likeness (QED) is 0.506. The van der Waals surface area contributed by atoms with Gasteiger partial charge in [-0.15, -0.1) is 30.1 Å². The lowest BCUT2D eigenvalue weighted by Crippen LogP contribution is -2.47. The molecule has 1 spiro atoms. The van der Waals surface area contributed by atoms with Gasteiger partial charge in [-0.2, -0.15) is 0 Å². The second kappa shape index (κ2) is 7.09. The van der Waals surface area contributed by atoms with Crippen LogP contribution in [0, 0.1) is 34.5 Å². The number of carbonyl (C=O) groups excluding carboxylic acids is 1. The highest BCUT2D eigenvalue weighted by Gasteiger charge is 2.67. The summed E-state index contributed by atoms with van der Waals surface area (Å²) >= 11 is 4.23. The fourth-order valence-corrected chi connectivity index (χ4v) is 10.4. The molecule has 1 aliphatic heterocycles. The Morgan fingerprint density at radius 2 is 2.00 bits per heavy atom. The number of hydrogen-bond acceptors (Lipinski definition) is 5. The number of esters is 1. The number of fused-ring (bicyclic) bond motifs is 3. The molecule has 3 aliphatic carbocycles. The van der Waals surface area contributed by atoms with E-state index in [1.807, 2.05) is 6.08 Å². The molecule has 156 valence electrons. The third-order valence-electron chi connectivity index (χ3n) is 8.32. The van der Waals surface area contributed by atoms with E-state index in [2.05, 4.69) is 56.9 Å². The van der Waals surface area contributed by atoms with E-state index in [1.165, 1.54) is 37.0 Å². The van der Waals surface area contributed by atoms with Crippen molar-refractivity contribution >= 4 is 29.5 Å². The number of rotatable bonds is 2. The molecule has 3 nitrogen and oxygen atoms in total. The molecule has 0 aromatic carbocycles. The van der Waals surface area contributed by atoms with Crippen LogP contribution in [0.25, 0.3) is 0 Å². The molecule has 28 heavy (non-hydrogen) atoms. The van der Waals surface area contributed by atoms with E-state index in [4.69, 9.17) is 4.74 Å². The van der Waals surface area contributed by atoms with Crippen molar-refractivity contribution in [2.24, 2.45) is 34.5 Å². The molecule has 1 saturated heterocycles. The number of aliphatic hydroxyl groups excluding tert-OH is 1. The van der Waals surface area contributed by atoms with Gasteiger partial charge in [-0.05, 0) is 61.4 Å². The van der Waals surface area contributed by atoms with Crippen LogP contribution in [-0.4, -0.2) is 39.9 Å². The summed E-state index contributed by atoms with van der Waals surface area (Å²) in [6, 6.07) is 0. The summed E-state index contributed by atoms with van der Waals surface area (Å²) in [6.45, 7) is 10.7. The first kappa shape index (κ1) is 20.9. The number of methoxy groups -OCH3 is 1. The highest BCUT2D eigenvalue weighted by atomic mass is 32.2. The second-order valence-corrected chi connectivity index (χ2v) is 13.0. The van der Waals surface area contributed by atoms with Crippen molar-refractivity contribution in [3.63, 3.8) is 0 Å². The maximum atomic E-state index is 12.9. The largest absolute Gasteiger partial charge is 0.469 e. The lowest BCUT2D eigenvalue weighted by Gasteiger charge is -2.51. The number of thioether (sulfide) groups is 2. The van der Waals surface area contributed by atoms with Gasteiger partial charge >= 0.3 is 5.97 Å².